The number of nitrogens with zero attached hydrogens (tertiary/aromatic N) is 3. The summed E-state index contributed by atoms with van der Waals surface area (Å²) in [5, 5.41) is 0. The fourth-order valence-electron chi connectivity index (χ4n) is 2.30. The molecule has 0 bridgehead atoms. The predicted molar refractivity (Wildman–Crippen MR) is 80.1 cm³/mol. The zero-order valence-corrected chi connectivity index (χ0v) is 11.6. The molecule has 0 amide bonds. The maximum absolute atomic E-state index is 13.8. The minimum Gasteiger partial charge on any atom is -0.455 e. The molecule has 0 N–H and O–H groups in total. The lowest BCUT2D eigenvalue weighted by Crippen LogP contribution is -2.15. The fourth-order valence-corrected chi connectivity index (χ4v) is 2.30. The molecule has 1 aromatic heterocycles. The quantitative estimate of drug-likeness (QED) is 0.804. The number of imidazole rings is 1. The monoisotopic (exact) mass is 283 g/mol. The highest BCUT2D eigenvalue weighted by Crippen LogP contribution is 2.34. The molecular formula is C16H14FN3O. The Hall–Kier alpha value is -2.69. The van der Waals surface area contributed by atoms with Gasteiger partial charge in [0.1, 0.15) is 11.4 Å². The first-order chi connectivity index (χ1) is 10.2. The summed E-state index contributed by atoms with van der Waals surface area (Å²) < 4.78 is 21.1. The molecule has 21 heavy (non-hydrogen) atoms. The van der Waals surface area contributed by atoms with E-state index in [1.807, 2.05) is 34.9 Å². The van der Waals surface area contributed by atoms with Gasteiger partial charge in [-0.1, -0.05) is 36.9 Å². The van der Waals surface area contributed by atoms with Crippen molar-refractivity contribution in [2.45, 2.75) is 13.7 Å². The van der Waals surface area contributed by atoms with Crippen molar-refractivity contribution < 1.29 is 9.13 Å². The number of hydrogen-bond acceptors (Lipinski definition) is 3. The third kappa shape index (κ3) is 2.27. The van der Waals surface area contributed by atoms with E-state index >= 15 is 0 Å². The molecule has 0 fully saturated rings. The Labute approximate surface area is 121 Å². The number of allylic oxidation sites excluding steroid dienone is 2. The van der Waals surface area contributed by atoms with Gasteiger partial charge in [0.05, 0.1) is 11.9 Å². The number of ether oxygens (including phenoxy) is 1. The Morgan fingerprint density at radius 3 is 2.86 bits per heavy atom. The highest BCUT2D eigenvalue weighted by atomic mass is 19.1. The Morgan fingerprint density at radius 1 is 1.43 bits per heavy atom. The molecule has 1 aliphatic heterocycles. The molecule has 1 aliphatic rings. The highest BCUT2D eigenvalue weighted by molar-refractivity contribution is 5.78. The molecule has 0 aliphatic carbocycles. The van der Waals surface area contributed by atoms with E-state index < -0.39 is 5.83 Å². The number of aromatic nitrogens is 2. The van der Waals surface area contributed by atoms with Crippen LogP contribution in [0.4, 0.5) is 4.39 Å². The molecule has 0 unspecified atom stereocenters. The topological polar surface area (TPSA) is 39.4 Å². The molecule has 0 atom stereocenters. The molecule has 0 saturated carbocycles. The van der Waals surface area contributed by atoms with Crippen LogP contribution in [0.1, 0.15) is 12.7 Å². The van der Waals surface area contributed by atoms with Crippen LogP contribution in [0, 0.1) is 0 Å². The fraction of sp³-hybridized carbons (Fsp3) is 0.125. The van der Waals surface area contributed by atoms with E-state index in [-0.39, 0.29) is 18.2 Å². The normalized spacial score (nSPS) is 14.2. The molecular weight excluding hydrogens is 269 g/mol. The molecule has 0 spiro atoms. The minimum absolute atomic E-state index is 0.196. The summed E-state index contributed by atoms with van der Waals surface area (Å²) in [4.78, 5) is 8.36. The zero-order chi connectivity index (χ0) is 14.8. The average molecular weight is 283 g/mol. The van der Waals surface area contributed by atoms with E-state index in [0.29, 0.717) is 5.82 Å². The van der Waals surface area contributed by atoms with Crippen molar-refractivity contribution in [2.75, 3.05) is 0 Å². The largest absolute Gasteiger partial charge is 0.455 e. The third-order valence-electron chi connectivity index (χ3n) is 3.21. The smallest absolute Gasteiger partial charge is 0.228 e. The Morgan fingerprint density at radius 2 is 2.19 bits per heavy atom. The first-order valence-electron chi connectivity index (χ1n) is 6.54. The molecule has 5 heteroatoms. The van der Waals surface area contributed by atoms with Crippen LogP contribution in [0.5, 0.6) is 0 Å². The molecule has 4 nitrogen and oxygen atoms in total. The number of benzene rings is 1. The van der Waals surface area contributed by atoms with Crippen molar-refractivity contribution >= 4 is 11.8 Å². The van der Waals surface area contributed by atoms with E-state index in [2.05, 4.69) is 16.6 Å². The van der Waals surface area contributed by atoms with Crippen molar-refractivity contribution in [3.05, 3.63) is 60.6 Å². The van der Waals surface area contributed by atoms with Gasteiger partial charge >= 0.3 is 0 Å². The summed E-state index contributed by atoms with van der Waals surface area (Å²) in [5.74, 6) is 0.0812. The van der Waals surface area contributed by atoms with Crippen molar-refractivity contribution in [2.24, 2.45) is 4.99 Å². The maximum atomic E-state index is 13.8. The molecule has 2 aromatic rings. The van der Waals surface area contributed by atoms with E-state index in [4.69, 9.17) is 4.74 Å². The number of halogens is 1. The SMILES string of the molecule is C=C(F)C1=C(/N=C\C)OCn2c(-c3ccccc3)cnc21. The lowest BCUT2D eigenvalue weighted by Gasteiger charge is -2.20. The number of fused-ring (bicyclic) bond motifs is 1. The van der Waals surface area contributed by atoms with Gasteiger partial charge in [0.25, 0.3) is 0 Å². The summed E-state index contributed by atoms with van der Waals surface area (Å²) in [5.41, 5.74) is 2.05. The van der Waals surface area contributed by atoms with Crippen LogP contribution in [0.15, 0.2) is 59.8 Å². The van der Waals surface area contributed by atoms with Crippen LogP contribution in [0.25, 0.3) is 16.8 Å². The lowest BCUT2D eigenvalue weighted by atomic mass is 10.1. The molecule has 2 heterocycles. The third-order valence-corrected chi connectivity index (χ3v) is 3.21. The second-order valence-corrected chi connectivity index (χ2v) is 4.51. The summed E-state index contributed by atoms with van der Waals surface area (Å²) >= 11 is 0. The Bertz CT molecular complexity index is 744. The summed E-state index contributed by atoms with van der Waals surface area (Å²) in [6.07, 6.45) is 3.25. The van der Waals surface area contributed by atoms with Crippen LogP contribution in [0.2, 0.25) is 0 Å². The molecule has 1 aromatic carbocycles. The van der Waals surface area contributed by atoms with Gasteiger partial charge in [-0.2, -0.15) is 0 Å². The Balaban J connectivity index is 2.16. The molecule has 106 valence electrons. The van der Waals surface area contributed by atoms with Gasteiger partial charge in [0.2, 0.25) is 5.88 Å². The average Bonchev–Trinajstić information content (AvgIpc) is 2.91. The van der Waals surface area contributed by atoms with Crippen molar-refractivity contribution in [1.82, 2.24) is 9.55 Å². The van der Waals surface area contributed by atoms with Crippen molar-refractivity contribution in [3.8, 4) is 11.3 Å². The van der Waals surface area contributed by atoms with E-state index in [0.717, 1.165) is 11.3 Å². The summed E-state index contributed by atoms with van der Waals surface area (Å²) in [6.45, 7) is 5.34. The minimum atomic E-state index is -0.609. The Kier molecular flexibility index (Phi) is 3.39. The molecule has 0 radical (unpaired) electrons. The first-order valence-corrected chi connectivity index (χ1v) is 6.54. The van der Waals surface area contributed by atoms with Gasteiger partial charge < -0.3 is 4.74 Å². The van der Waals surface area contributed by atoms with E-state index in [9.17, 15) is 4.39 Å². The van der Waals surface area contributed by atoms with Crippen LogP contribution in [0.3, 0.4) is 0 Å². The summed E-state index contributed by atoms with van der Waals surface area (Å²) in [7, 11) is 0. The van der Waals surface area contributed by atoms with E-state index in [1.54, 1.807) is 19.3 Å². The van der Waals surface area contributed by atoms with Crippen LogP contribution in [-0.4, -0.2) is 15.8 Å². The lowest BCUT2D eigenvalue weighted by molar-refractivity contribution is 0.136. The van der Waals surface area contributed by atoms with E-state index in [1.165, 1.54) is 0 Å². The van der Waals surface area contributed by atoms with Gasteiger partial charge in [0.15, 0.2) is 12.6 Å². The van der Waals surface area contributed by atoms with Crippen LogP contribution < -0.4 is 0 Å². The standard InChI is InChI=1S/C16H14FN3O/c1-3-18-16-14(11(2)17)15-19-9-13(20(15)10-21-16)12-7-5-4-6-8-12/h3-9H,2,10H2,1H3/b18-3-. The molecule has 3 rings (SSSR count). The number of rotatable bonds is 3. The number of hydrogen-bond donors (Lipinski definition) is 0. The zero-order valence-electron chi connectivity index (χ0n) is 11.6. The summed E-state index contributed by atoms with van der Waals surface area (Å²) in [6, 6.07) is 9.76. The van der Waals surface area contributed by atoms with Gasteiger partial charge in [-0.15, -0.1) is 0 Å². The van der Waals surface area contributed by atoms with Crippen LogP contribution in [-0.2, 0) is 11.5 Å². The van der Waals surface area contributed by atoms with Gasteiger partial charge in [-0.25, -0.2) is 14.4 Å². The first kappa shape index (κ1) is 13.3. The van der Waals surface area contributed by atoms with Crippen LogP contribution >= 0.6 is 0 Å². The second-order valence-electron chi connectivity index (χ2n) is 4.51. The van der Waals surface area contributed by atoms with Crippen molar-refractivity contribution in [3.63, 3.8) is 0 Å². The second kappa shape index (κ2) is 5.36. The highest BCUT2D eigenvalue weighted by Gasteiger charge is 2.26. The predicted octanol–water partition coefficient (Wildman–Crippen LogP) is 3.78. The van der Waals surface area contributed by atoms with Gasteiger partial charge in [-0.3, -0.25) is 4.57 Å². The molecule has 0 saturated heterocycles. The van der Waals surface area contributed by atoms with Gasteiger partial charge in [0, 0.05) is 6.21 Å². The van der Waals surface area contributed by atoms with Gasteiger partial charge in [-0.05, 0) is 12.5 Å². The number of aliphatic imine (C=N–C) groups is 1. The maximum Gasteiger partial charge on any atom is 0.228 e. The van der Waals surface area contributed by atoms with Crippen molar-refractivity contribution in [1.29, 1.82) is 0 Å².